The first-order valence-corrected chi connectivity index (χ1v) is 14.8. The van der Waals surface area contributed by atoms with Gasteiger partial charge in [0.2, 0.25) is 5.60 Å². The van der Waals surface area contributed by atoms with E-state index in [-0.39, 0.29) is 23.4 Å². The number of benzene rings is 1. The number of nitrogens with zero attached hydrogens (tertiary/aromatic N) is 1. The van der Waals surface area contributed by atoms with Gasteiger partial charge in [-0.25, -0.2) is 4.39 Å². The van der Waals surface area contributed by atoms with Gasteiger partial charge in [-0.2, -0.15) is 0 Å². The molecule has 0 spiro atoms. The zero-order chi connectivity index (χ0) is 27.2. The van der Waals surface area contributed by atoms with Crippen molar-refractivity contribution in [1.29, 1.82) is 0 Å². The van der Waals surface area contributed by atoms with Gasteiger partial charge in [0, 0.05) is 31.9 Å². The van der Waals surface area contributed by atoms with Gasteiger partial charge in [-0.1, -0.05) is 17.8 Å². The molecule has 1 amide bonds. The second-order valence-corrected chi connectivity index (χ2v) is 13.4. The van der Waals surface area contributed by atoms with E-state index in [9.17, 15) is 19.1 Å². The number of amides is 1. The van der Waals surface area contributed by atoms with Gasteiger partial charge in [-0.3, -0.25) is 14.4 Å². The van der Waals surface area contributed by atoms with Crippen LogP contribution in [0.25, 0.3) is 0 Å². The second-order valence-electron chi connectivity index (χ2n) is 9.69. The van der Waals surface area contributed by atoms with E-state index in [1.54, 1.807) is 26.0 Å². The molecule has 0 aliphatic carbocycles. The van der Waals surface area contributed by atoms with E-state index in [0.717, 1.165) is 59.5 Å². The minimum absolute atomic E-state index is 0.0214. The first kappa shape index (κ1) is 29.8. The monoisotopic (exact) mass is 615 g/mol. The Bertz CT molecular complexity index is 1120. The number of nitrogens with one attached hydrogen (secondary N) is 1. The van der Waals surface area contributed by atoms with Gasteiger partial charge >= 0.3 is 0 Å². The number of carboxylic acid groups (broad SMARTS) is 1. The molecule has 4 heterocycles. The lowest BCUT2D eigenvalue weighted by atomic mass is 9.80. The fourth-order valence-electron chi connectivity index (χ4n) is 5.42. The fourth-order valence-corrected chi connectivity index (χ4v) is 7.47. The molecular weight excluding hydrogens is 583 g/mol. The van der Waals surface area contributed by atoms with Gasteiger partial charge in [-0.15, -0.1) is 11.3 Å². The molecule has 3 fully saturated rings. The number of thiophene rings is 1. The number of carbonyl (C=O) groups excluding carboxylic acids is 2. The van der Waals surface area contributed by atoms with Gasteiger partial charge in [-0.05, 0) is 64.2 Å². The number of rotatable bonds is 8. The molecule has 202 valence electrons. The molecule has 37 heavy (non-hydrogen) atoms. The van der Waals surface area contributed by atoms with E-state index in [2.05, 4.69) is 21.2 Å². The van der Waals surface area contributed by atoms with Crippen LogP contribution in [-0.4, -0.2) is 70.2 Å². The van der Waals surface area contributed by atoms with Crippen molar-refractivity contribution < 1.29 is 33.5 Å². The maximum Gasteiger partial charge on any atom is 0.290 e. The van der Waals surface area contributed by atoms with Crippen LogP contribution < -0.4 is 5.32 Å². The lowest BCUT2D eigenvalue weighted by Gasteiger charge is -2.53. The van der Waals surface area contributed by atoms with Crippen LogP contribution >= 0.6 is 39.0 Å². The highest BCUT2D eigenvalue weighted by Gasteiger charge is 2.49. The van der Waals surface area contributed by atoms with E-state index in [0.29, 0.717) is 21.9 Å². The summed E-state index contributed by atoms with van der Waals surface area (Å²) in [5, 5.41) is 22.1. The number of piperidine rings is 3. The highest BCUT2D eigenvalue weighted by atomic mass is 79.9. The van der Waals surface area contributed by atoms with E-state index in [4.69, 9.17) is 9.90 Å². The van der Waals surface area contributed by atoms with Crippen molar-refractivity contribution in [1.82, 2.24) is 5.32 Å². The van der Waals surface area contributed by atoms with Crippen LogP contribution in [0, 0.1) is 18.7 Å². The Morgan fingerprint density at radius 2 is 1.97 bits per heavy atom. The summed E-state index contributed by atoms with van der Waals surface area (Å²) in [6, 6.07) is 7.88. The zero-order valence-corrected chi connectivity index (χ0v) is 24.1. The highest BCUT2D eigenvalue weighted by molar-refractivity contribution is 9.11. The van der Waals surface area contributed by atoms with E-state index in [1.807, 2.05) is 6.07 Å². The van der Waals surface area contributed by atoms with Crippen LogP contribution in [0.2, 0.25) is 0 Å². The number of thioether (sulfide) groups is 1. The molecule has 3 N–H and O–H groups in total. The van der Waals surface area contributed by atoms with Crippen molar-refractivity contribution in [2.24, 2.45) is 5.92 Å². The minimum atomic E-state index is -1.90. The van der Waals surface area contributed by atoms with Crippen LogP contribution in [0.4, 0.5) is 4.39 Å². The van der Waals surface area contributed by atoms with Crippen LogP contribution in [-0.2, 0) is 20.0 Å². The summed E-state index contributed by atoms with van der Waals surface area (Å²) in [6.07, 6.45) is 3.06. The molecule has 3 saturated heterocycles. The first-order chi connectivity index (χ1) is 17.5. The topological polar surface area (TPSA) is 104 Å². The summed E-state index contributed by atoms with van der Waals surface area (Å²) in [7, 11) is 0. The molecule has 3 aliphatic heterocycles. The number of quaternary nitrogens is 1. The molecule has 5 rings (SSSR count). The molecule has 11 heteroatoms. The van der Waals surface area contributed by atoms with Crippen LogP contribution in [0.15, 0.2) is 34.1 Å². The van der Waals surface area contributed by atoms with Gasteiger partial charge in [0.05, 0.1) is 40.9 Å². The van der Waals surface area contributed by atoms with Crippen molar-refractivity contribution >= 4 is 56.5 Å². The Hall–Kier alpha value is -1.79. The lowest BCUT2D eigenvalue weighted by Crippen LogP contribution is -2.68. The standard InChI is InChI=1S/C25H30BrFN2O3S2.CH2O2/c1-16-14-19(4-5-20(16)27)25(32,22-6-7-23(26)34-22)24(31)28-21-15-29(10-3-13-33-17(2)30)11-8-18(21)9-12-29;2-1-3/h4-7,14,18,21,32H,3,8-13,15H2,1-2H3;1H,(H,2,3)/p+1/t18?,21-,25?,29?;/m0./s1. The fraction of sp³-hybridized carbons (Fsp3) is 0.500. The van der Waals surface area contributed by atoms with Crippen molar-refractivity contribution in [3.8, 4) is 0 Å². The maximum atomic E-state index is 14.0. The van der Waals surface area contributed by atoms with Gasteiger partial charge in [0.15, 0.2) is 5.12 Å². The van der Waals surface area contributed by atoms with Crippen molar-refractivity contribution in [3.05, 3.63) is 55.9 Å². The molecule has 0 saturated carbocycles. The smallest absolute Gasteiger partial charge is 0.290 e. The highest BCUT2D eigenvalue weighted by Crippen LogP contribution is 2.39. The average Bonchev–Trinajstić information content (AvgIpc) is 3.31. The lowest BCUT2D eigenvalue weighted by molar-refractivity contribution is -0.943. The Labute approximate surface area is 233 Å². The molecule has 1 unspecified atom stereocenters. The Kier molecular flexibility index (Phi) is 10.3. The largest absolute Gasteiger partial charge is 0.483 e. The second kappa shape index (κ2) is 12.8. The molecule has 2 aromatic rings. The van der Waals surface area contributed by atoms with Crippen LogP contribution in [0.5, 0.6) is 0 Å². The zero-order valence-electron chi connectivity index (χ0n) is 20.9. The Morgan fingerprint density at radius 3 is 2.54 bits per heavy atom. The summed E-state index contributed by atoms with van der Waals surface area (Å²) in [6.45, 7) is 7.02. The number of carbonyl (C=O) groups is 3. The molecule has 2 bridgehead atoms. The maximum absolute atomic E-state index is 14.0. The van der Waals surface area contributed by atoms with Crippen LogP contribution in [0.1, 0.15) is 42.2 Å². The summed E-state index contributed by atoms with van der Waals surface area (Å²) in [4.78, 5) is 33.9. The number of halogens is 2. The van der Waals surface area contributed by atoms with E-state index in [1.165, 1.54) is 35.2 Å². The number of aliphatic hydroxyl groups is 1. The number of aryl methyl sites for hydroxylation is 1. The summed E-state index contributed by atoms with van der Waals surface area (Å²) in [5.41, 5.74) is -1.15. The summed E-state index contributed by atoms with van der Waals surface area (Å²) in [5.74, 6) is 0.388. The normalized spacial score (nSPS) is 23.9. The molecule has 3 aliphatic rings. The van der Waals surface area contributed by atoms with Gasteiger partial charge in [0.1, 0.15) is 5.82 Å². The molecule has 1 aromatic carbocycles. The number of hydrogen-bond donors (Lipinski definition) is 3. The van der Waals surface area contributed by atoms with E-state index < -0.39 is 11.5 Å². The third kappa shape index (κ3) is 7.00. The van der Waals surface area contributed by atoms with Crippen LogP contribution in [0.3, 0.4) is 0 Å². The average molecular weight is 617 g/mol. The number of hydrogen-bond acceptors (Lipinski definition) is 6. The molecular formula is C26H33BrFN2O5S2+. The minimum Gasteiger partial charge on any atom is -0.483 e. The predicted molar refractivity (Wildman–Crippen MR) is 147 cm³/mol. The van der Waals surface area contributed by atoms with Crippen molar-refractivity contribution in [2.75, 3.05) is 31.9 Å². The third-order valence-electron chi connectivity index (χ3n) is 7.33. The van der Waals surface area contributed by atoms with Gasteiger partial charge in [0.25, 0.3) is 12.4 Å². The Balaban J connectivity index is 0.00000121. The molecule has 1 aromatic heterocycles. The Morgan fingerprint density at radius 1 is 1.30 bits per heavy atom. The summed E-state index contributed by atoms with van der Waals surface area (Å²) < 4.78 is 15.7. The van der Waals surface area contributed by atoms with Crippen molar-refractivity contribution in [2.45, 2.75) is 44.8 Å². The van der Waals surface area contributed by atoms with Gasteiger partial charge < -0.3 is 20.0 Å². The SMILES string of the molecule is CC(=O)SCCC[N+]12CCC(CC1)[C@@H](NC(=O)C(O)(c1ccc(F)c(C)c1)c1ccc(Br)s1)C2.O=CO. The third-order valence-corrected chi connectivity index (χ3v) is 9.97. The first-order valence-electron chi connectivity index (χ1n) is 12.2. The van der Waals surface area contributed by atoms with Crippen molar-refractivity contribution in [3.63, 3.8) is 0 Å². The van der Waals surface area contributed by atoms with E-state index >= 15 is 0 Å². The molecule has 7 nitrogen and oxygen atoms in total. The quantitative estimate of drug-likeness (QED) is 0.232. The predicted octanol–water partition coefficient (Wildman–Crippen LogP) is 4.29. The molecule has 2 atom stereocenters. The number of fused-ring (bicyclic) bond motifs is 3. The summed E-state index contributed by atoms with van der Waals surface area (Å²) >= 11 is 6.11. The molecule has 0 radical (unpaired) electrons.